The van der Waals surface area contributed by atoms with Gasteiger partial charge in [0.25, 0.3) is 0 Å². The number of hydrogen-bond donors (Lipinski definition) is 6. The second kappa shape index (κ2) is 11.3. The monoisotopic (exact) mass is 348 g/mol. The number of nitrogens with zero attached hydrogens (tertiary/aromatic N) is 2. The summed E-state index contributed by atoms with van der Waals surface area (Å²) in [5, 5.41) is 43.6. The highest BCUT2D eigenvalue weighted by Crippen LogP contribution is 2.04. The number of aliphatic carboxylic acids is 2. The molecule has 140 valence electrons. The molecule has 1 saturated heterocycles. The van der Waals surface area contributed by atoms with E-state index in [1.54, 1.807) is 9.80 Å². The number of hydrogen-bond acceptors (Lipinski definition) is 8. The SMILES string of the molecule is O=C(O)C(CO)N1CCNCCNCCN(C(CO)C(=O)O)CC1. The highest BCUT2D eigenvalue weighted by atomic mass is 16.4. The van der Waals surface area contributed by atoms with Gasteiger partial charge in [0, 0.05) is 52.4 Å². The molecule has 0 bridgehead atoms. The van der Waals surface area contributed by atoms with E-state index in [0.29, 0.717) is 39.3 Å². The number of carboxylic acid groups (broad SMARTS) is 2. The van der Waals surface area contributed by atoms with Gasteiger partial charge in [-0.25, -0.2) is 0 Å². The Hall–Kier alpha value is -1.30. The average molecular weight is 348 g/mol. The Morgan fingerprint density at radius 1 is 0.750 bits per heavy atom. The molecule has 0 aromatic heterocycles. The van der Waals surface area contributed by atoms with Crippen molar-refractivity contribution in [2.75, 3.05) is 65.6 Å². The molecule has 6 N–H and O–H groups in total. The quantitative estimate of drug-likeness (QED) is 0.288. The van der Waals surface area contributed by atoms with E-state index in [1.165, 1.54) is 0 Å². The Balaban J connectivity index is 2.83. The van der Waals surface area contributed by atoms with Crippen molar-refractivity contribution in [3.05, 3.63) is 0 Å². The van der Waals surface area contributed by atoms with Gasteiger partial charge in [-0.2, -0.15) is 0 Å². The van der Waals surface area contributed by atoms with Crippen LogP contribution in [0, 0.1) is 0 Å². The molecular weight excluding hydrogens is 320 g/mol. The maximum atomic E-state index is 11.3. The predicted octanol–water partition coefficient (Wildman–Crippen LogP) is -3.33. The minimum atomic E-state index is -1.12. The minimum absolute atomic E-state index is 0.281. The maximum absolute atomic E-state index is 11.3. The van der Waals surface area contributed by atoms with Crippen LogP contribution < -0.4 is 10.6 Å². The third-order valence-electron chi connectivity index (χ3n) is 4.10. The predicted molar refractivity (Wildman–Crippen MR) is 85.9 cm³/mol. The molecule has 0 spiro atoms. The normalized spacial score (nSPS) is 22.1. The number of rotatable bonds is 6. The fraction of sp³-hybridized carbons (Fsp3) is 0.857. The molecule has 2 atom stereocenters. The van der Waals surface area contributed by atoms with Crippen molar-refractivity contribution in [1.29, 1.82) is 0 Å². The van der Waals surface area contributed by atoms with Crippen LogP contribution in [0.25, 0.3) is 0 Å². The summed E-state index contributed by atoms with van der Waals surface area (Å²) in [5.74, 6) is -2.23. The molecule has 2 unspecified atom stereocenters. The zero-order valence-corrected chi connectivity index (χ0v) is 13.7. The third kappa shape index (κ3) is 6.67. The smallest absolute Gasteiger partial charge is 0.323 e. The summed E-state index contributed by atoms with van der Waals surface area (Å²) in [4.78, 5) is 25.8. The zero-order valence-electron chi connectivity index (χ0n) is 13.7. The number of nitrogens with one attached hydrogen (secondary N) is 2. The molecule has 0 amide bonds. The van der Waals surface area contributed by atoms with Crippen LogP contribution in [0.5, 0.6) is 0 Å². The van der Waals surface area contributed by atoms with Gasteiger partial charge in [-0.15, -0.1) is 0 Å². The Morgan fingerprint density at radius 3 is 1.42 bits per heavy atom. The van der Waals surface area contributed by atoms with Crippen molar-refractivity contribution >= 4 is 11.9 Å². The lowest BCUT2D eigenvalue weighted by molar-refractivity contribution is -0.147. The summed E-state index contributed by atoms with van der Waals surface area (Å²) in [6.07, 6.45) is 0. The van der Waals surface area contributed by atoms with Crippen molar-refractivity contribution in [2.24, 2.45) is 0 Å². The van der Waals surface area contributed by atoms with Crippen LogP contribution >= 0.6 is 0 Å². The lowest BCUT2D eigenvalue weighted by Gasteiger charge is -2.33. The molecule has 10 heteroatoms. The summed E-state index contributed by atoms with van der Waals surface area (Å²) in [7, 11) is 0. The molecule has 0 aliphatic carbocycles. The van der Waals surface area contributed by atoms with Gasteiger partial charge in [0.15, 0.2) is 0 Å². The van der Waals surface area contributed by atoms with Crippen LogP contribution in [0.4, 0.5) is 0 Å². The Labute approximate surface area is 141 Å². The summed E-state index contributed by atoms with van der Waals surface area (Å²) < 4.78 is 0. The van der Waals surface area contributed by atoms with Gasteiger partial charge in [-0.1, -0.05) is 0 Å². The first kappa shape index (κ1) is 20.7. The largest absolute Gasteiger partial charge is 0.480 e. The minimum Gasteiger partial charge on any atom is -0.480 e. The van der Waals surface area contributed by atoms with Crippen LogP contribution in [0.3, 0.4) is 0 Å². The topological polar surface area (TPSA) is 146 Å². The van der Waals surface area contributed by atoms with Gasteiger partial charge < -0.3 is 31.1 Å². The molecule has 0 radical (unpaired) electrons. The molecule has 1 heterocycles. The fourth-order valence-electron chi connectivity index (χ4n) is 2.68. The summed E-state index contributed by atoms with van der Waals surface area (Å²) in [6.45, 7) is 2.90. The van der Waals surface area contributed by atoms with E-state index in [2.05, 4.69) is 10.6 Å². The van der Waals surface area contributed by atoms with Gasteiger partial charge in [0.1, 0.15) is 12.1 Å². The maximum Gasteiger partial charge on any atom is 0.323 e. The molecule has 1 fully saturated rings. The van der Waals surface area contributed by atoms with Crippen molar-refractivity contribution in [1.82, 2.24) is 20.4 Å². The molecule has 1 aliphatic rings. The molecule has 0 aromatic rings. The molecule has 1 rings (SSSR count). The number of aliphatic hydroxyl groups excluding tert-OH is 2. The van der Waals surface area contributed by atoms with E-state index < -0.39 is 37.2 Å². The van der Waals surface area contributed by atoms with Gasteiger partial charge in [-0.05, 0) is 0 Å². The summed E-state index contributed by atoms with van der Waals surface area (Å²) >= 11 is 0. The standard InChI is InChI=1S/C14H28N4O6/c19-9-11(13(21)22)17-5-3-15-1-2-16-4-6-18(8-7-17)12(10-20)14(23)24/h11-12,15-16,19-20H,1-10H2,(H,21,22)(H,23,24). The van der Waals surface area contributed by atoms with Gasteiger partial charge in [0.05, 0.1) is 13.2 Å². The van der Waals surface area contributed by atoms with Gasteiger partial charge in [-0.3, -0.25) is 19.4 Å². The van der Waals surface area contributed by atoms with Gasteiger partial charge in [0.2, 0.25) is 0 Å². The van der Waals surface area contributed by atoms with E-state index in [-0.39, 0.29) is 13.1 Å². The second-order valence-electron chi connectivity index (χ2n) is 5.65. The van der Waals surface area contributed by atoms with E-state index in [0.717, 1.165) is 0 Å². The van der Waals surface area contributed by atoms with Crippen LogP contribution in [-0.2, 0) is 9.59 Å². The highest BCUT2D eigenvalue weighted by Gasteiger charge is 2.28. The van der Waals surface area contributed by atoms with Crippen LogP contribution in [-0.4, -0.2) is 120 Å². The van der Waals surface area contributed by atoms with Crippen molar-refractivity contribution in [3.63, 3.8) is 0 Å². The Bertz CT molecular complexity index is 361. The second-order valence-corrected chi connectivity index (χ2v) is 5.65. The number of aliphatic hydroxyl groups is 2. The first-order valence-corrected chi connectivity index (χ1v) is 8.08. The summed E-state index contributed by atoms with van der Waals surface area (Å²) in [6, 6.07) is -2.07. The van der Waals surface area contributed by atoms with E-state index >= 15 is 0 Å². The van der Waals surface area contributed by atoms with E-state index in [1.807, 2.05) is 0 Å². The molecule has 0 aromatic carbocycles. The Morgan fingerprint density at radius 2 is 1.12 bits per heavy atom. The van der Waals surface area contributed by atoms with Crippen molar-refractivity contribution in [2.45, 2.75) is 12.1 Å². The lowest BCUT2D eigenvalue weighted by Crippen LogP contribution is -2.53. The lowest BCUT2D eigenvalue weighted by atomic mass is 10.2. The molecule has 10 nitrogen and oxygen atoms in total. The summed E-state index contributed by atoms with van der Waals surface area (Å²) in [5.41, 5.74) is 0. The molecule has 0 saturated carbocycles. The highest BCUT2D eigenvalue weighted by molar-refractivity contribution is 5.74. The Kier molecular flexibility index (Phi) is 9.76. The first-order chi connectivity index (χ1) is 11.5. The van der Waals surface area contributed by atoms with Crippen LogP contribution in [0.15, 0.2) is 0 Å². The van der Waals surface area contributed by atoms with E-state index in [4.69, 9.17) is 0 Å². The van der Waals surface area contributed by atoms with Gasteiger partial charge >= 0.3 is 11.9 Å². The molecular formula is C14H28N4O6. The van der Waals surface area contributed by atoms with Crippen LogP contribution in [0.1, 0.15) is 0 Å². The average Bonchev–Trinajstić information content (AvgIpc) is 2.52. The number of carboxylic acids is 2. The van der Waals surface area contributed by atoms with Crippen LogP contribution in [0.2, 0.25) is 0 Å². The van der Waals surface area contributed by atoms with Crippen molar-refractivity contribution in [3.8, 4) is 0 Å². The fourth-order valence-corrected chi connectivity index (χ4v) is 2.68. The molecule has 1 aliphatic heterocycles. The van der Waals surface area contributed by atoms with Crippen molar-refractivity contribution < 1.29 is 30.0 Å². The first-order valence-electron chi connectivity index (χ1n) is 8.08. The number of carbonyl (C=O) groups is 2. The zero-order chi connectivity index (χ0) is 17.9. The van der Waals surface area contributed by atoms with E-state index in [9.17, 15) is 30.0 Å². The third-order valence-corrected chi connectivity index (χ3v) is 4.10. The molecule has 24 heavy (non-hydrogen) atoms.